The largest absolute Gasteiger partial charge is 0.372 e. The van der Waals surface area contributed by atoms with Crippen LogP contribution in [0.3, 0.4) is 0 Å². The second-order valence-electron chi connectivity index (χ2n) is 4.49. The first kappa shape index (κ1) is 11.0. The van der Waals surface area contributed by atoms with Gasteiger partial charge >= 0.3 is 0 Å². The highest BCUT2D eigenvalue weighted by atomic mass is 16.3. The van der Waals surface area contributed by atoms with Gasteiger partial charge in [0.15, 0.2) is 5.60 Å². The van der Waals surface area contributed by atoms with Crippen LogP contribution in [0.4, 0.5) is 0 Å². The molecule has 1 atom stereocenters. The third kappa shape index (κ3) is 1.90. The molecule has 0 radical (unpaired) electrons. The molecular formula is C16H13NO. The number of aryl methyl sites for hydroxylation is 1. The zero-order valence-corrected chi connectivity index (χ0v) is 9.93. The van der Waals surface area contributed by atoms with E-state index in [1.165, 1.54) is 0 Å². The Kier molecular flexibility index (Phi) is 2.62. The molecule has 1 heterocycles. The van der Waals surface area contributed by atoms with Crippen molar-refractivity contribution in [1.29, 1.82) is 0 Å². The van der Waals surface area contributed by atoms with E-state index >= 15 is 0 Å². The van der Waals surface area contributed by atoms with Gasteiger partial charge in [-0.15, -0.1) is 0 Å². The topological polar surface area (TPSA) is 33.1 Å². The van der Waals surface area contributed by atoms with Crippen LogP contribution in [0, 0.1) is 11.8 Å². The smallest absolute Gasteiger partial charge is 0.168 e. The maximum atomic E-state index is 10.6. The third-order valence-electron chi connectivity index (χ3n) is 3.23. The van der Waals surface area contributed by atoms with Gasteiger partial charge < -0.3 is 5.11 Å². The van der Waals surface area contributed by atoms with E-state index in [9.17, 15) is 5.11 Å². The highest BCUT2D eigenvalue weighted by Crippen LogP contribution is 2.34. The first-order valence-corrected chi connectivity index (χ1v) is 6.03. The number of hydrogen-bond donors (Lipinski definition) is 1. The molecule has 1 unspecified atom stereocenters. The highest BCUT2D eigenvalue weighted by Gasteiger charge is 2.36. The molecule has 0 bridgehead atoms. The fourth-order valence-corrected chi connectivity index (χ4v) is 2.27. The normalized spacial score (nSPS) is 20.9. The minimum atomic E-state index is -1.09. The van der Waals surface area contributed by atoms with E-state index in [-0.39, 0.29) is 0 Å². The molecule has 0 saturated heterocycles. The summed E-state index contributed by atoms with van der Waals surface area (Å²) >= 11 is 0. The van der Waals surface area contributed by atoms with Crippen LogP contribution in [0.5, 0.6) is 0 Å². The number of hydrogen-bond acceptors (Lipinski definition) is 2. The lowest BCUT2D eigenvalue weighted by molar-refractivity contribution is 0.0982. The third-order valence-corrected chi connectivity index (χ3v) is 3.23. The van der Waals surface area contributed by atoms with Gasteiger partial charge in [0.2, 0.25) is 0 Å². The van der Waals surface area contributed by atoms with E-state index < -0.39 is 5.60 Å². The van der Waals surface area contributed by atoms with Crippen LogP contribution < -0.4 is 0 Å². The van der Waals surface area contributed by atoms with Crippen LogP contribution >= 0.6 is 0 Å². The van der Waals surface area contributed by atoms with Crippen LogP contribution in [0.2, 0.25) is 0 Å². The minimum Gasteiger partial charge on any atom is -0.372 e. The van der Waals surface area contributed by atoms with Crippen molar-refractivity contribution in [2.45, 2.75) is 18.4 Å². The van der Waals surface area contributed by atoms with Crippen LogP contribution in [-0.2, 0) is 12.0 Å². The van der Waals surface area contributed by atoms with Crippen LogP contribution in [-0.4, -0.2) is 10.1 Å². The predicted molar refractivity (Wildman–Crippen MR) is 69.8 cm³/mol. The Bertz CT molecular complexity index is 624. The lowest BCUT2D eigenvalue weighted by Gasteiger charge is -2.14. The Labute approximate surface area is 106 Å². The molecule has 0 fully saturated rings. The number of fused-ring (bicyclic) bond motifs is 1. The first-order valence-electron chi connectivity index (χ1n) is 6.03. The minimum absolute atomic E-state index is 0.624. The Morgan fingerprint density at radius 1 is 1.11 bits per heavy atom. The van der Waals surface area contributed by atoms with Gasteiger partial charge in [0, 0.05) is 11.8 Å². The number of pyridine rings is 1. The molecular weight excluding hydrogens is 222 g/mol. The lowest BCUT2D eigenvalue weighted by atomic mass is 10.0. The zero-order chi connectivity index (χ0) is 12.4. The molecule has 0 amide bonds. The van der Waals surface area contributed by atoms with Gasteiger partial charge in [-0.25, -0.2) is 0 Å². The van der Waals surface area contributed by atoms with Crippen LogP contribution in [0.25, 0.3) is 0 Å². The van der Waals surface area contributed by atoms with E-state index in [0.717, 1.165) is 17.5 Å². The maximum Gasteiger partial charge on any atom is 0.168 e. The summed E-state index contributed by atoms with van der Waals surface area (Å²) in [5.41, 5.74) is 1.64. The summed E-state index contributed by atoms with van der Waals surface area (Å²) in [4.78, 5) is 4.27. The monoisotopic (exact) mass is 235 g/mol. The summed E-state index contributed by atoms with van der Waals surface area (Å²) in [5.74, 6) is 6.00. The molecule has 1 aromatic heterocycles. The molecule has 2 heteroatoms. The summed E-state index contributed by atoms with van der Waals surface area (Å²) in [6, 6.07) is 13.6. The summed E-state index contributed by atoms with van der Waals surface area (Å²) in [5, 5.41) is 10.6. The molecule has 3 rings (SSSR count). The Morgan fingerprint density at radius 2 is 1.94 bits per heavy atom. The molecule has 1 aromatic carbocycles. The van der Waals surface area contributed by atoms with Crippen molar-refractivity contribution in [2.75, 3.05) is 0 Å². The molecule has 2 aromatic rings. The summed E-state index contributed by atoms with van der Waals surface area (Å²) < 4.78 is 0. The van der Waals surface area contributed by atoms with E-state index in [1.54, 1.807) is 6.20 Å². The van der Waals surface area contributed by atoms with E-state index in [1.807, 2.05) is 42.5 Å². The van der Waals surface area contributed by atoms with Gasteiger partial charge in [0.05, 0.1) is 5.69 Å². The fraction of sp³-hybridized carbons (Fsp3) is 0.188. The molecule has 2 nitrogen and oxygen atoms in total. The Morgan fingerprint density at radius 3 is 2.78 bits per heavy atom. The van der Waals surface area contributed by atoms with Crippen molar-refractivity contribution in [2.24, 2.45) is 0 Å². The fourth-order valence-electron chi connectivity index (χ4n) is 2.27. The van der Waals surface area contributed by atoms with Crippen molar-refractivity contribution in [3.63, 3.8) is 0 Å². The molecule has 1 N–H and O–H groups in total. The molecule has 0 spiro atoms. The Balaban J connectivity index is 1.97. The number of rotatable bonds is 0. The second-order valence-corrected chi connectivity index (χ2v) is 4.49. The van der Waals surface area contributed by atoms with Gasteiger partial charge in [-0.05, 0) is 36.6 Å². The number of benzene rings is 1. The first-order chi connectivity index (χ1) is 8.78. The van der Waals surface area contributed by atoms with Crippen molar-refractivity contribution in [1.82, 2.24) is 4.98 Å². The van der Waals surface area contributed by atoms with Gasteiger partial charge in [0.1, 0.15) is 0 Å². The SMILES string of the molecule is OC1(C#Cc2ccccc2)CCc2cccnc21. The summed E-state index contributed by atoms with van der Waals surface area (Å²) in [6.45, 7) is 0. The molecule has 88 valence electrons. The highest BCUT2D eigenvalue weighted by molar-refractivity contribution is 5.42. The molecule has 0 saturated carbocycles. The van der Waals surface area contributed by atoms with Gasteiger partial charge in [-0.2, -0.15) is 0 Å². The average molecular weight is 235 g/mol. The predicted octanol–water partition coefficient (Wildman–Crippen LogP) is 2.27. The zero-order valence-electron chi connectivity index (χ0n) is 9.93. The van der Waals surface area contributed by atoms with Crippen molar-refractivity contribution < 1.29 is 5.11 Å². The molecule has 1 aliphatic carbocycles. The van der Waals surface area contributed by atoms with Gasteiger partial charge in [-0.3, -0.25) is 4.98 Å². The quantitative estimate of drug-likeness (QED) is 0.710. The molecule has 18 heavy (non-hydrogen) atoms. The summed E-state index contributed by atoms with van der Waals surface area (Å²) in [6.07, 6.45) is 3.17. The van der Waals surface area contributed by atoms with Crippen molar-refractivity contribution in [3.05, 3.63) is 65.5 Å². The lowest BCUT2D eigenvalue weighted by Crippen LogP contribution is -2.20. The van der Waals surface area contributed by atoms with Crippen molar-refractivity contribution in [3.8, 4) is 11.8 Å². The van der Waals surface area contributed by atoms with Gasteiger partial charge in [0.25, 0.3) is 0 Å². The van der Waals surface area contributed by atoms with Crippen LogP contribution in [0.15, 0.2) is 48.7 Å². The maximum absolute atomic E-state index is 10.6. The molecule has 0 aliphatic heterocycles. The van der Waals surface area contributed by atoms with Crippen molar-refractivity contribution >= 4 is 0 Å². The summed E-state index contributed by atoms with van der Waals surface area (Å²) in [7, 11) is 0. The number of nitrogens with zero attached hydrogens (tertiary/aromatic N) is 1. The molecule has 1 aliphatic rings. The standard InChI is InChI=1S/C16H13NO/c18-16(10-8-13-5-2-1-3-6-13)11-9-14-7-4-12-17-15(14)16/h1-7,12,18H,9,11H2. The Hall–Kier alpha value is -2.11. The second kappa shape index (κ2) is 4.29. The average Bonchev–Trinajstić information content (AvgIpc) is 2.77. The van der Waals surface area contributed by atoms with Crippen LogP contribution in [0.1, 0.15) is 23.2 Å². The van der Waals surface area contributed by atoms with E-state index in [2.05, 4.69) is 16.8 Å². The number of aliphatic hydroxyl groups is 1. The van der Waals surface area contributed by atoms with E-state index in [0.29, 0.717) is 12.1 Å². The number of aromatic nitrogens is 1. The van der Waals surface area contributed by atoms with Gasteiger partial charge in [-0.1, -0.05) is 36.1 Å². The van der Waals surface area contributed by atoms with E-state index in [4.69, 9.17) is 0 Å².